The number of anilines is 1. The van der Waals surface area contributed by atoms with Crippen molar-refractivity contribution in [1.82, 2.24) is 10.3 Å². The van der Waals surface area contributed by atoms with Crippen LogP contribution in [0, 0.1) is 19.7 Å². The number of benzene rings is 2. The lowest BCUT2D eigenvalue weighted by Gasteiger charge is -2.26. The van der Waals surface area contributed by atoms with Crippen LogP contribution in [0.25, 0.3) is 11.3 Å². The van der Waals surface area contributed by atoms with Crippen molar-refractivity contribution in [2.24, 2.45) is 0 Å². The summed E-state index contributed by atoms with van der Waals surface area (Å²) in [6.45, 7) is 4.19. The van der Waals surface area contributed by atoms with Gasteiger partial charge in [0.2, 0.25) is 0 Å². The molecule has 0 amide bonds. The van der Waals surface area contributed by atoms with E-state index >= 15 is 0 Å². The summed E-state index contributed by atoms with van der Waals surface area (Å²) in [7, 11) is 0. The van der Waals surface area contributed by atoms with Gasteiger partial charge in [-0.2, -0.15) is 0 Å². The Morgan fingerprint density at radius 1 is 0.969 bits per heavy atom. The van der Waals surface area contributed by atoms with Gasteiger partial charge in [-0.25, -0.2) is 4.39 Å². The number of nitrogens with zero attached hydrogens (tertiary/aromatic N) is 2. The van der Waals surface area contributed by atoms with Gasteiger partial charge in [0.05, 0.1) is 11.7 Å². The van der Waals surface area contributed by atoms with Crippen LogP contribution in [-0.2, 0) is 0 Å². The van der Waals surface area contributed by atoms with E-state index in [0.717, 1.165) is 22.7 Å². The van der Waals surface area contributed by atoms with Gasteiger partial charge in [-0.15, -0.1) is 0 Å². The van der Waals surface area contributed by atoms with Gasteiger partial charge in [-0.05, 0) is 97.9 Å². The summed E-state index contributed by atoms with van der Waals surface area (Å²) in [6, 6.07) is 21.9. The zero-order valence-corrected chi connectivity index (χ0v) is 18.6. The van der Waals surface area contributed by atoms with Crippen molar-refractivity contribution >= 4 is 23.0 Å². The maximum absolute atomic E-state index is 13.4. The maximum Gasteiger partial charge on any atom is 0.174 e. The van der Waals surface area contributed by atoms with Gasteiger partial charge in [-0.3, -0.25) is 4.98 Å². The maximum atomic E-state index is 13.4. The largest absolute Gasteiger partial charge is 0.459 e. The summed E-state index contributed by atoms with van der Waals surface area (Å²) in [4.78, 5) is 6.66. The minimum atomic E-state index is -0.276. The highest BCUT2D eigenvalue weighted by atomic mass is 32.1. The Kier molecular flexibility index (Phi) is 5.23. The zero-order chi connectivity index (χ0) is 22.2. The minimum Gasteiger partial charge on any atom is -0.459 e. The first kappa shape index (κ1) is 20.4. The Morgan fingerprint density at radius 2 is 1.78 bits per heavy atom. The summed E-state index contributed by atoms with van der Waals surface area (Å²) in [5, 5.41) is 4.06. The molecule has 2 atom stereocenters. The minimum absolute atomic E-state index is 0.183. The molecule has 2 aromatic heterocycles. The molecule has 3 heterocycles. The average Bonchev–Trinajstić information content (AvgIpc) is 3.41. The first-order valence-corrected chi connectivity index (χ1v) is 10.9. The molecule has 2 aromatic carbocycles. The third-order valence-corrected chi connectivity index (χ3v) is 6.23. The van der Waals surface area contributed by atoms with Gasteiger partial charge in [-0.1, -0.05) is 12.1 Å². The second-order valence-corrected chi connectivity index (χ2v) is 8.36. The summed E-state index contributed by atoms with van der Waals surface area (Å²) < 4.78 is 19.7. The molecule has 0 spiro atoms. The third-order valence-electron chi connectivity index (χ3n) is 5.91. The molecule has 1 aliphatic rings. The van der Waals surface area contributed by atoms with Crippen LogP contribution in [0.4, 0.5) is 10.1 Å². The van der Waals surface area contributed by atoms with Gasteiger partial charge >= 0.3 is 0 Å². The number of thiocarbonyl (C=S) groups is 1. The Hall–Kier alpha value is -3.51. The van der Waals surface area contributed by atoms with Crippen molar-refractivity contribution in [2.75, 3.05) is 4.90 Å². The molecule has 0 bridgehead atoms. The predicted octanol–water partition coefficient (Wildman–Crippen LogP) is 6.27. The van der Waals surface area contributed by atoms with Crippen molar-refractivity contribution in [2.45, 2.75) is 25.9 Å². The van der Waals surface area contributed by atoms with E-state index in [9.17, 15) is 4.39 Å². The third kappa shape index (κ3) is 3.67. The van der Waals surface area contributed by atoms with Gasteiger partial charge in [0.1, 0.15) is 23.4 Å². The first-order chi connectivity index (χ1) is 15.5. The average molecular weight is 444 g/mol. The number of hydrogen-bond acceptors (Lipinski definition) is 3. The van der Waals surface area contributed by atoms with Crippen molar-refractivity contribution in [3.05, 3.63) is 107 Å². The fourth-order valence-corrected chi connectivity index (χ4v) is 4.42. The van der Waals surface area contributed by atoms with Crippen molar-refractivity contribution in [3.63, 3.8) is 0 Å². The monoisotopic (exact) mass is 443 g/mol. The van der Waals surface area contributed by atoms with Crippen molar-refractivity contribution in [1.29, 1.82) is 0 Å². The topological polar surface area (TPSA) is 41.3 Å². The highest BCUT2D eigenvalue weighted by Crippen LogP contribution is 2.43. The number of pyridine rings is 1. The molecule has 1 N–H and O–H groups in total. The second kappa shape index (κ2) is 8.20. The fourth-order valence-electron chi connectivity index (χ4n) is 4.08. The van der Waals surface area contributed by atoms with E-state index in [4.69, 9.17) is 16.6 Å². The smallest absolute Gasteiger partial charge is 0.174 e. The van der Waals surface area contributed by atoms with E-state index in [1.54, 1.807) is 18.3 Å². The van der Waals surface area contributed by atoms with Gasteiger partial charge in [0.25, 0.3) is 0 Å². The number of halogens is 1. The molecule has 1 saturated heterocycles. The lowest BCUT2D eigenvalue weighted by molar-refractivity contribution is 0.439. The number of furan rings is 1. The van der Waals surface area contributed by atoms with E-state index in [0.29, 0.717) is 10.9 Å². The summed E-state index contributed by atoms with van der Waals surface area (Å²) in [5.74, 6) is 1.16. The normalized spacial score (nSPS) is 18.1. The Balaban J connectivity index is 1.60. The molecule has 4 aromatic rings. The fraction of sp³-hybridized carbons (Fsp3) is 0.154. The second-order valence-electron chi connectivity index (χ2n) is 7.97. The zero-order valence-electron chi connectivity index (χ0n) is 17.7. The van der Waals surface area contributed by atoms with Crippen LogP contribution < -0.4 is 10.2 Å². The highest BCUT2D eigenvalue weighted by Gasteiger charge is 2.42. The molecule has 0 radical (unpaired) electrons. The molecular weight excluding hydrogens is 421 g/mol. The van der Waals surface area contributed by atoms with E-state index in [1.807, 2.05) is 30.3 Å². The quantitative estimate of drug-likeness (QED) is 0.376. The molecule has 5 rings (SSSR count). The Labute approximate surface area is 191 Å². The Bertz CT molecular complexity index is 1270. The van der Waals surface area contributed by atoms with Crippen LogP contribution in [0.1, 0.15) is 34.7 Å². The van der Waals surface area contributed by atoms with Gasteiger partial charge in [0.15, 0.2) is 5.11 Å². The molecule has 6 heteroatoms. The van der Waals surface area contributed by atoms with E-state index in [2.05, 4.69) is 47.2 Å². The number of rotatable bonds is 4. The molecular formula is C26H22FN3OS. The van der Waals surface area contributed by atoms with Crippen LogP contribution in [0.2, 0.25) is 0 Å². The first-order valence-electron chi connectivity index (χ1n) is 10.4. The van der Waals surface area contributed by atoms with Crippen molar-refractivity contribution < 1.29 is 8.81 Å². The summed E-state index contributed by atoms with van der Waals surface area (Å²) in [6.07, 6.45) is 1.78. The van der Waals surface area contributed by atoms with Gasteiger partial charge in [0, 0.05) is 17.4 Å². The van der Waals surface area contributed by atoms with E-state index in [-0.39, 0.29) is 17.9 Å². The summed E-state index contributed by atoms with van der Waals surface area (Å²) in [5.41, 5.74) is 5.11. The van der Waals surface area contributed by atoms with E-state index in [1.165, 1.54) is 23.3 Å². The van der Waals surface area contributed by atoms with Crippen LogP contribution in [-0.4, -0.2) is 10.1 Å². The lowest BCUT2D eigenvalue weighted by atomic mass is 10.0. The predicted molar refractivity (Wildman–Crippen MR) is 128 cm³/mol. The molecule has 4 nitrogen and oxygen atoms in total. The molecule has 0 unspecified atom stereocenters. The highest BCUT2D eigenvalue weighted by molar-refractivity contribution is 7.80. The van der Waals surface area contributed by atoms with Crippen LogP contribution in [0.3, 0.4) is 0 Å². The molecule has 1 aliphatic heterocycles. The number of aromatic nitrogens is 1. The SMILES string of the molecule is Cc1ccc(N2C(=S)N[C@H](c3ccccn3)[C@H]2c2ccc(-c3ccc(F)cc3)o2)cc1C. The Morgan fingerprint density at radius 3 is 2.50 bits per heavy atom. The molecule has 0 aliphatic carbocycles. The number of hydrogen-bond donors (Lipinski definition) is 1. The molecule has 1 fully saturated rings. The molecule has 160 valence electrons. The van der Waals surface area contributed by atoms with Crippen LogP contribution >= 0.6 is 12.2 Å². The number of nitrogens with one attached hydrogen (secondary N) is 1. The number of aryl methyl sites for hydroxylation is 2. The van der Waals surface area contributed by atoms with Crippen molar-refractivity contribution in [3.8, 4) is 11.3 Å². The standard InChI is InChI=1S/C26H22FN3OS/c1-16-6-11-20(15-17(16)2)30-25(24(29-26(30)32)21-5-3-4-14-28-21)23-13-12-22(31-23)18-7-9-19(27)10-8-18/h3-15,24-25H,1-2H3,(H,29,32)/t24-,25-/m1/s1. The molecule has 32 heavy (non-hydrogen) atoms. The van der Waals surface area contributed by atoms with Crippen LogP contribution in [0.15, 0.2) is 83.4 Å². The molecule has 0 saturated carbocycles. The lowest BCUT2D eigenvalue weighted by Crippen LogP contribution is -2.29. The van der Waals surface area contributed by atoms with E-state index < -0.39 is 0 Å². The summed E-state index contributed by atoms with van der Waals surface area (Å²) >= 11 is 5.77. The van der Waals surface area contributed by atoms with Gasteiger partial charge < -0.3 is 14.6 Å². The van der Waals surface area contributed by atoms with Crippen LogP contribution in [0.5, 0.6) is 0 Å².